The molecule has 1 fully saturated rings. The zero-order valence-corrected chi connectivity index (χ0v) is 11.7. The van der Waals surface area contributed by atoms with E-state index in [1.54, 1.807) is 0 Å². The van der Waals surface area contributed by atoms with E-state index in [1.807, 2.05) is 26.0 Å². The van der Waals surface area contributed by atoms with E-state index in [9.17, 15) is 5.11 Å². The van der Waals surface area contributed by atoms with Crippen molar-refractivity contribution < 1.29 is 14.2 Å². The molecule has 0 radical (unpaired) electrons. The van der Waals surface area contributed by atoms with Crippen LogP contribution in [0.5, 0.6) is 0 Å². The number of nitrogens with zero attached hydrogens (tertiary/aromatic N) is 3. The summed E-state index contributed by atoms with van der Waals surface area (Å²) in [5, 5.41) is 17.9. The quantitative estimate of drug-likeness (QED) is 0.908. The topological polar surface area (TPSA) is 75.5 Å². The van der Waals surface area contributed by atoms with E-state index < -0.39 is 0 Å². The third kappa shape index (κ3) is 2.91. The molecule has 1 aliphatic heterocycles. The fourth-order valence-electron chi connectivity index (χ4n) is 2.75. The maximum atomic E-state index is 10.2. The molecule has 0 amide bonds. The molecule has 6 heteroatoms. The molecule has 0 aromatic carbocycles. The van der Waals surface area contributed by atoms with Crippen molar-refractivity contribution in [2.24, 2.45) is 5.92 Å². The normalized spacial score (nSPS) is 23.6. The first-order valence-electron chi connectivity index (χ1n) is 6.85. The highest BCUT2D eigenvalue weighted by atomic mass is 16.5. The molecule has 0 saturated carbocycles. The second kappa shape index (κ2) is 5.38. The van der Waals surface area contributed by atoms with Crippen molar-refractivity contribution in [1.82, 2.24) is 15.2 Å². The van der Waals surface area contributed by atoms with Crippen molar-refractivity contribution in [2.45, 2.75) is 32.9 Å². The van der Waals surface area contributed by atoms with Gasteiger partial charge in [0.15, 0.2) is 5.76 Å². The van der Waals surface area contributed by atoms with E-state index in [4.69, 9.17) is 9.05 Å². The summed E-state index contributed by atoms with van der Waals surface area (Å²) >= 11 is 0. The Hall–Kier alpha value is -1.66. The molecule has 2 aromatic heterocycles. The number of hydrogen-bond acceptors (Lipinski definition) is 6. The van der Waals surface area contributed by atoms with Crippen LogP contribution in [0.3, 0.4) is 0 Å². The van der Waals surface area contributed by atoms with Gasteiger partial charge >= 0.3 is 0 Å². The predicted molar refractivity (Wildman–Crippen MR) is 71.0 cm³/mol. The predicted octanol–water partition coefficient (Wildman–Crippen LogP) is 1.31. The maximum absolute atomic E-state index is 10.2. The summed E-state index contributed by atoms with van der Waals surface area (Å²) in [6.45, 7) is 5.96. The molecular weight excluding hydrogens is 258 g/mol. The van der Waals surface area contributed by atoms with Crippen LogP contribution in [0.25, 0.3) is 0 Å². The molecule has 108 valence electrons. The van der Waals surface area contributed by atoms with Crippen molar-refractivity contribution in [1.29, 1.82) is 0 Å². The molecule has 3 heterocycles. The number of β-amino-alcohol motifs (C(OH)–C–C–N with tert-alkyl or cyclic N) is 1. The molecule has 20 heavy (non-hydrogen) atoms. The average Bonchev–Trinajstić information content (AvgIpc) is 3.05. The van der Waals surface area contributed by atoms with Crippen molar-refractivity contribution in [3.05, 3.63) is 35.0 Å². The number of aliphatic hydroxyl groups is 1. The summed E-state index contributed by atoms with van der Waals surface area (Å²) in [4.78, 5) is 2.18. The van der Waals surface area contributed by atoms with Gasteiger partial charge in [-0.1, -0.05) is 10.3 Å². The van der Waals surface area contributed by atoms with E-state index >= 15 is 0 Å². The number of aromatic nitrogens is 2. The highest BCUT2D eigenvalue weighted by Crippen LogP contribution is 2.23. The fourth-order valence-corrected chi connectivity index (χ4v) is 2.75. The van der Waals surface area contributed by atoms with Crippen LogP contribution in [-0.4, -0.2) is 39.5 Å². The van der Waals surface area contributed by atoms with E-state index in [0.29, 0.717) is 19.5 Å². The molecule has 6 nitrogen and oxygen atoms in total. The Morgan fingerprint density at radius 1 is 1.15 bits per heavy atom. The van der Waals surface area contributed by atoms with Gasteiger partial charge in [0.25, 0.3) is 0 Å². The maximum Gasteiger partial charge on any atom is 0.150 e. The standard InChI is InChI=1S/C14H19N3O3/c1-9-3-12(19-15-9)5-11-6-17(8-14(11)18)7-13-4-10(2)16-20-13/h3-4,11,14,18H,5-8H2,1-2H3/t11-,14+/m1/s1. The second-order valence-corrected chi connectivity index (χ2v) is 5.59. The Kier molecular flexibility index (Phi) is 3.58. The van der Waals surface area contributed by atoms with Gasteiger partial charge in [-0.05, 0) is 13.8 Å². The lowest BCUT2D eigenvalue weighted by Gasteiger charge is -2.12. The minimum absolute atomic E-state index is 0.173. The van der Waals surface area contributed by atoms with E-state index in [2.05, 4.69) is 15.2 Å². The summed E-state index contributed by atoms with van der Waals surface area (Å²) in [5.41, 5.74) is 1.76. The summed E-state index contributed by atoms with van der Waals surface area (Å²) in [6, 6.07) is 3.86. The molecule has 0 aliphatic carbocycles. The van der Waals surface area contributed by atoms with Crippen LogP contribution in [0.4, 0.5) is 0 Å². The smallest absolute Gasteiger partial charge is 0.150 e. The van der Waals surface area contributed by atoms with E-state index in [1.165, 1.54) is 0 Å². The Bertz CT molecular complexity index is 578. The van der Waals surface area contributed by atoms with Gasteiger partial charge in [0.1, 0.15) is 5.76 Å². The SMILES string of the molecule is Cc1cc(C[C@@H]2CN(Cc3cc(C)no3)C[C@@H]2O)on1. The van der Waals surface area contributed by atoms with Gasteiger partial charge in [-0.3, -0.25) is 4.90 Å². The summed E-state index contributed by atoms with van der Waals surface area (Å²) in [6.07, 6.45) is 0.373. The monoisotopic (exact) mass is 277 g/mol. The minimum Gasteiger partial charge on any atom is -0.391 e. The lowest BCUT2D eigenvalue weighted by Crippen LogP contribution is -2.21. The summed E-state index contributed by atoms with van der Waals surface area (Å²) in [5.74, 6) is 1.85. The van der Waals surface area contributed by atoms with Crippen LogP contribution < -0.4 is 0 Å². The van der Waals surface area contributed by atoms with Crippen LogP contribution in [0.1, 0.15) is 22.9 Å². The van der Waals surface area contributed by atoms with Gasteiger partial charge in [-0.15, -0.1) is 0 Å². The fraction of sp³-hybridized carbons (Fsp3) is 0.571. The van der Waals surface area contributed by atoms with Gasteiger partial charge in [-0.2, -0.15) is 0 Å². The lowest BCUT2D eigenvalue weighted by molar-refractivity contribution is 0.136. The van der Waals surface area contributed by atoms with Crippen molar-refractivity contribution in [2.75, 3.05) is 13.1 Å². The van der Waals surface area contributed by atoms with Crippen LogP contribution in [0.15, 0.2) is 21.2 Å². The number of aliphatic hydroxyl groups excluding tert-OH is 1. The zero-order chi connectivity index (χ0) is 14.1. The lowest BCUT2D eigenvalue weighted by atomic mass is 10.0. The molecule has 0 spiro atoms. The molecule has 2 atom stereocenters. The van der Waals surface area contributed by atoms with E-state index in [0.717, 1.165) is 29.5 Å². The van der Waals surface area contributed by atoms with Crippen LogP contribution in [0, 0.1) is 19.8 Å². The summed E-state index contributed by atoms with van der Waals surface area (Å²) in [7, 11) is 0. The first-order chi connectivity index (χ1) is 9.60. The largest absolute Gasteiger partial charge is 0.391 e. The minimum atomic E-state index is -0.343. The number of rotatable bonds is 4. The second-order valence-electron chi connectivity index (χ2n) is 5.59. The van der Waals surface area contributed by atoms with Gasteiger partial charge in [0.05, 0.1) is 24.0 Å². The van der Waals surface area contributed by atoms with Gasteiger partial charge in [0.2, 0.25) is 0 Å². The Morgan fingerprint density at radius 3 is 2.40 bits per heavy atom. The highest BCUT2D eigenvalue weighted by molar-refractivity contribution is 5.07. The molecule has 2 aromatic rings. The zero-order valence-electron chi connectivity index (χ0n) is 11.7. The summed E-state index contributed by atoms with van der Waals surface area (Å²) < 4.78 is 10.4. The molecule has 0 bridgehead atoms. The van der Waals surface area contributed by atoms with Gasteiger partial charge < -0.3 is 14.2 Å². The average molecular weight is 277 g/mol. The van der Waals surface area contributed by atoms with Gasteiger partial charge in [0, 0.05) is 37.6 Å². The van der Waals surface area contributed by atoms with Crippen molar-refractivity contribution in [3.8, 4) is 0 Å². The first-order valence-corrected chi connectivity index (χ1v) is 6.85. The molecule has 1 aliphatic rings. The Labute approximate surface area is 117 Å². The molecule has 1 saturated heterocycles. The van der Waals surface area contributed by atoms with E-state index in [-0.39, 0.29) is 12.0 Å². The number of aryl methyl sites for hydroxylation is 2. The molecule has 3 rings (SSSR count). The van der Waals surface area contributed by atoms with Crippen molar-refractivity contribution >= 4 is 0 Å². The molecule has 1 N–H and O–H groups in total. The number of likely N-dealkylation sites (tertiary alicyclic amines) is 1. The molecule has 0 unspecified atom stereocenters. The number of hydrogen-bond donors (Lipinski definition) is 1. The third-order valence-electron chi connectivity index (χ3n) is 3.68. The van der Waals surface area contributed by atoms with Crippen molar-refractivity contribution in [3.63, 3.8) is 0 Å². The third-order valence-corrected chi connectivity index (χ3v) is 3.68. The molecular formula is C14H19N3O3. The Morgan fingerprint density at radius 2 is 1.80 bits per heavy atom. The van der Waals surface area contributed by atoms with Crippen LogP contribution in [-0.2, 0) is 13.0 Å². The van der Waals surface area contributed by atoms with Gasteiger partial charge in [-0.25, -0.2) is 0 Å². The van der Waals surface area contributed by atoms with Crippen LogP contribution >= 0.6 is 0 Å². The highest BCUT2D eigenvalue weighted by Gasteiger charge is 2.32. The Balaban J connectivity index is 1.59. The first kappa shape index (κ1) is 13.3. The van der Waals surface area contributed by atoms with Crippen LogP contribution in [0.2, 0.25) is 0 Å².